The number of benzene rings is 3. The fraction of sp³-hybridized carbons (Fsp3) is 0.340. The molecule has 0 spiro atoms. The van der Waals surface area contributed by atoms with E-state index in [9.17, 15) is 28.8 Å². The molecule has 0 aliphatic carbocycles. The molecule has 3 aliphatic heterocycles. The number of pyridine rings is 1. The van der Waals surface area contributed by atoms with Crippen LogP contribution in [0.3, 0.4) is 0 Å². The summed E-state index contributed by atoms with van der Waals surface area (Å²) in [6, 6.07) is 23.4. The maximum Gasteiger partial charge on any atom is 0.255 e. The lowest BCUT2D eigenvalue weighted by Crippen LogP contribution is -2.52. The zero-order valence-corrected chi connectivity index (χ0v) is 37.1. The van der Waals surface area contributed by atoms with Crippen molar-refractivity contribution >= 4 is 58.5 Å². The summed E-state index contributed by atoms with van der Waals surface area (Å²) < 4.78 is 0. The summed E-state index contributed by atoms with van der Waals surface area (Å²) in [6.07, 6.45) is 10.7. The van der Waals surface area contributed by atoms with E-state index in [0.717, 1.165) is 73.4 Å². The molecule has 16 nitrogen and oxygen atoms in total. The van der Waals surface area contributed by atoms with Gasteiger partial charge in [0.05, 0.1) is 5.69 Å². The first kappa shape index (κ1) is 45.2. The van der Waals surface area contributed by atoms with E-state index in [0.29, 0.717) is 66.4 Å². The van der Waals surface area contributed by atoms with Crippen molar-refractivity contribution in [2.24, 2.45) is 0 Å². The summed E-state index contributed by atoms with van der Waals surface area (Å²) >= 11 is 0. The number of aryl methyl sites for hydroxylation is 1. The summed E-state index contributed by atoms with van der Waals surface area (Å²) in [5.41, 5.74) is 7.38. The zero-order valence-electron chi connectivity index (χ0n) is 37.1. The Morgan fingerprint density at radius 3 is 2.36 bits per heavy atom. The van der Waals surface area contributed by atoms with Crippen LogP contribution in [0.15, 0.2) is 97.5 Å². The summed E-state index contributed by atoms with van der Waals surface area (Å²) in [5, 5.41) is 11.6. The first-order valence-corrected chi connectivity index (χ1v) is 22.7. The number of fused-ring (bicyclic) bond motifs is 1. The Hall–Kier alpha value is -7.33. The predicted molar refractivity (Wildman–Crippen MR) is 249 cm³/mol. The second-order valence-electron chi connectivity index (χ2n) is 17.0. The summed E-state index contributed by atoms with van der Waals surface area (Å²) in [6.45, 7) is 5.81. The van der Waals surface area contributed by atoms with Crippen LogP contribution in [0.1, 0.15) is 95.2 Å². The fourth-order valence-electron chi connectivity index (χ4n) is 8.59. The smallest absolute Gasteiger partial charge is 0.255 e. The van der Waals surface area contributed by atoms with Crippen molar-refractivity contribution in [2.45, 2.75) is 83.8 Å². The van der Waals surface area contributed by atoms with E-state index in [4.69, 9.17) is 0 Å². The molecule has 16 heteroatoms. The van der Waals surface area contributed by atoms with Crippen LogP contribution in [0.4, 0.5) is 23.0 Å². The molecule has 1 atom stereocenters. The number of anilines is 4. The van der Waals surface area contributed by atoms with Crippen LogP contribution in [-0.4, -0.2) is 97.3 Å². The molecule has 2 aromatic heterocycles. The minimum absolute atomic E-state index is 0.136. The molecule has 5 aromatic rings. The Kier molecular flexibility index (Phi) is 14.5. The predicted octanol–water partition coefficient (Wildman–Crippen LogP) is 6.62. The van der Waals surface area contributed by atoms with E-state index in [1.807, 2.05) is 72.5 Å². The maximum atomic E-state index is 13.2. The number of carbonyl (C=O) groups is 6. The Bertz CT molecular complexity index is 2600. The van der Waals surface area contributed by atoms with Gasteiger partial charge in [0.2, 0.25) is 29.6 Å². The van der Waals surface area contributed by atoms with Gasteiger partial charge in [-0.15, -0.1) is 0 Å². The van der Waals surface area contributed by atoms with Crippen LogP contribution in [0.5, 0.6) is 0 Å². The molecule has 66 heavy (non-hydrogen) atoms. The summed E-state index contributed by atoms with van der Waals surface area (Å²) in [7, 11) is 0. The van der Waals surface area contributed by atoms with Crippen molar-refractivity contribution in [2.75, 3.05) is 42.1 Å². The van der Waals surface area contributed by atoms with Crippen molar-refractivity contribution in [1.82, 2.24) is 35.0 Å². The monoisotopic (exact) mass is 890 g/mol. The minimum Gasteiger partial charge on any atom is -0.340 e. The molecule has 2 fully saturated rings. The number of piperidine rings is 1. The van der Waals surface area contributed by atoms with E-state index in [1.165, 1.54) is 4.90 Å². The maximum absolute atomic E-state index is 13.2. The van der Waals surface area contributed by atoms with Crippen LogP contribution in [0.25, 0.3) is 11.3 Å². The molecular formula is C50H54N10O6. The molecule has 3 aromatic carbocycles. The molecule has 0 saturated carbocycles. The molecule has 1 unspecified atom stereocenters. The van der Waals surface area contributed by atoms with E-state index in [1.54, 1.807) is 36.8 Å². The number of hydrogen-bond donors (Lipinski definition) is 4. The van der Waals surface area contributed by atoms with Crippen molar-refractivity contribution in [3.05, 3.63) is 125 Å². The Labute approximate surface area is 383 Å². The second-order valence-corrected chi connectivity index (χ2v) is 17.0. The van der Waals surface area contributed by atoms with E-state index < -0.39 is 11.9 Å². The summed E-state index contributed by atoms with van der Waals surface area (Å²) in [4.78, 5) is 95.2. The van der Waals surface area contributed by atoms with Crippen molar-refractivity contribution in [3.8, 4) is 11.3 Å². The van der Waals surface area contributed by atoms with Crippen molar-refractivity contribution < 1.29 is 28.8 Å². The highest BCUT2D eigenvalue weighted by Gasteiger charge is 2.40. The van der Waals surface area contributed by atoms with Gasteiger partial charge in [0.25, 0.3) is 11.8 Å². The van der Waals surface area contributed by atoms with Crippen LogP contribution in [0, 0.1) is 6.92 Å². The normalized spacial score (nSPS) is 16.1. The number of hydrogen-bond acceptors (Lipinski definition) is 11. The molecule has 340 valence electrons. The SMILES string of the molecule is Cc1ccc(NC(=O)c2ccc(CN3CCN(C(=O)CCCCCCCC(=O)Nc4cccc5c4CN(C4CCC(=O)NC4=O)C5=O)CC3)cc2)cc1Nc1nccc(-c2cccnc2)n1. The number of imide groups is 1. The third kappa shape index (κ3) is 11.3. The number of unbranched alkanes of at least 4 members (excludes halogenated alkanes) is 4. The first-order valence-electron chi connectivity index (χ1n) is 22.7. The standard InChI is InChI=1S/C50H54N10O6/c1-33-14-19-37(29-42(33)56-50-52-24-22-40(55-50)36-9-8-23-51-30-36)53-47(64)35-17-15-34(16-18-35)31-58-25-27-59(28-26-58)46(63)13-6-4-2-3-5-12-44(61)54-41-11-7-10-38-39(41)32-60(49(38)66)43-20-21-45(62)57-48(43)65/h7-11,14-19,22-24,29-30,43H,2-6,12-13,20-21,25-28,31-32H2,1H3,(H,53,64)(H,54,61)(H,52,55,56)(H,57,62,65). The van der Waals surface area contributed by atoms with Crippen molar-refractivity contribution in [3.63, 3.8) is 0 Å². The molecule has 4 N–H and O–H groups in total. The fourth-order valence-corrected chi connectivity index (χ4v) is 8.59. The number of aromatic nitrogens is 3. The Morgan fingerprint density at radius 2 is 1.59 bits per heavy atom. The van der Waals surface area contributed by atoms with Crippen molar-refractivity contribution in [1.29, 1.82) is 0 Å². The van der Waals surface area contributed by atoms with Crippen LogP contribution in [-0.2, 0) is 32.3 Å². The molecule has 0 bridgehead atoms. The average molecular weight is 891 g/mol. The molecule has 6 amide bonds. The van der Waals surface area contributed by atoms with Crippen LogP contribution in [0.2, 0.25) is 0 Å². The highest BCUT2D eigenvalue weighted by Crippen LogP contribution is 2.33. The van der Waals surface area contributed by atoms with Gasteiger partial charge in [0.1, 0.15) is 6.04 Å². The van der Waals surface area contributed by atoms with E-state index in [2.05, 4.69) is 41.1 Å². The molecular weight excluding hydrogens is 837 g/mol. The molecule has 8 rings (SSSR count). The van der Waals surface area contributed by atoms with E-state index >= 15 is 0 Å². The molecule has 2 saturated heterocycles. The van der Waals surface area contributed by atoms with Crippen LogP contribution >= 0.6 is 0 Å². The zero-order chi connectivity index (χ0) is 46.0. The van der Waals surface area contributed by atoms with Gasteiger partial charge >= 0.3 is 0 Å². The van der Waals surface area contributed by atoms with Gasteiger partial charge in [-0.2, -0.15) is 0 Å². The van der Waals surface area contributed by atoms with Gasteiger partial charge in [0.15, 0.2) is 0 Å². The van der Waals surface area contributed by atoms with Gasteiger partial charge in [-0.25, -0.2) is 9.97 Å². The lowest BCUT2D eigenvalue weighted by atomic mass is 10.0. The Morgan fingerprint density at radius 1 is 0.803 bits per heavy atom. The average Bonchev–Trinajstić information content (AvgIpc) is 3.66. The lowest BCUT2D eigenvalue weighted by molar-refractivity contribution is -0.137. The van der Waals surface area contributed by atoms with Gasteiger partial charge < -0.3 is 25.8 Å². The van der Waals surface area contributed by atoms with Gasteiger partial charge in [0, 0.05) is 116 Å². The summed E-state index contributed by atoms with van der Waals surface area (Å²) in [5.74, 6) is -0.817. The minimum atomic E-state index is -0.713. The highest BCUT2D eigenvalue weighted by molar-refractivity contribution is 6.07. The number of rotatable bonds is 17. The number of amides is 6. The topological polar surface area (TPSA) is 199 Å². The highest BCUT2D eigenvalue weighted by atomic mass is 16.2. The largest absolute Gasteiger partial charge is 0.340 e. The van der Waals surface area contributed by atoms with E-state index in [-0.39, 0.29) is 48.9 Å². The quantitative estimate of drug-likeness (QED) is 0.0578. The molecule has 0 radical (unpaired) electrons. The molecule has 5 heterocycles. The Balaban J connectivity index is 0.700. The second kappa shape index (κ2) is 21.1. The first-order chi connectivity index (χ1) is 32.1. The van der Waals surface area contributed by atoms with Crippen LogP contribution < -0.4 is 21.3 Å². The van der Waals surface area contributed by atoms with Gasteiger partial charge in [-0.05, 0) is 91.9 Å². The lowest BCUT2D eigenvalue weighted by Gasteiger charge is -2.35. The molecule has 3 aliphatic rings. The third-order valence-corrected chi connectivity index (χ3v) is 12.4. The number of carbonyl (C=O) groups excluding carboxylic acids is 6. The number of nitrogens with zero attached hydrogens (tertiary/aromatic N) is 6. The van der Waals surface area contributed by atoms with Gasteiger partial charge in [-0.1, -0.05) is 43.5 Å². The number of nitrogens with one attached hydrogen (secondary N) is 4. The van der Waals surface area contributed by atoms with Gasteiger partial charge in [-0.3, -0.25) is 44.0 Å². The third-order valence-electron chi connectivity index (χ3n) is 12.4. The number of piperazine rings is 1.